The van der Waals surface area contributed by atoms with Crippen molar-refractivity contribution in [2.24, 2.45) is 0 Å². The van der Waals surface area contributed by atoms with Crippen molar-refractivity contribution >= 4 is 11.6 Å². The van der Waals surface area contributed by atoms with Crippen molar-refractivity contribution in [1.82, 2.24) is 4.98 Å². The second kappa shape index (κ2) is 3.45. The van der Waals surface area contributed by atoms with Crippen LogP contribution >= 0.6 is 0 Å². The number of nitrogens with one attached hydrogen (secondary N) is 1. The third-order valence-corrected chi connectivity index (χ3v) is 2.78. The molecule has 0 aliphatic carbocycles. The van der Waals surface area contributed by atoms with Gasteiger partial charge in [-0.3, -0.25) is 9.78 Å². The number of fused-ring (bicyclic) bond motifs is 1. The molecule has 2 aromatic rings. The van der Waals surface area contributed by atoms with E-state index < -0.39 is 0 Å². The Hall–Kier alpha value is -2.16. The molecule has 78 valence electrons. The van der Waals surface area contributed by atoms with Gasteiger partial charge in [0.05, 0.1) is 5.69 Å². The second-order valence-electron chi connectivity index (χ2n) is 3.76. The maximum absolute atomic E-state index is 11.9. The Morgan fingerprint density at radius 2 is 1.88 bits per heavy atom. The molecular weight excluding hydrogens is 200 g/mol. The van der Waals surface area contributed by atoms with Crippen LogP contribution in [0.15, 0.2) is 48.7 Å². The van der Waals surface area contributed by atoms with Crippen LogP contribution in [0.1, 0.15) is 17.2 Å². The van der Waals surface area contributed by atoms with Gasteiger partial charge in [-0.15, -0.1) is 0 Å². The van der Waals surface area contributed by atoms with Crippen LogP contribution in [0.25, 0.3) is 0 Å². The molecule has 0 saturated carbocycles. The predicted molar refractivity (Wildman–Crippen MR) is 61.2 cm³/mol. The van der Waals surface area contributed by atoms with Crippen LogP contribution < -0.4 is 5.32 Å². The molecule has 1 atom stereocenters. The summed E-state index contributed by atoms with van der Waals surface area (Å²) >= 11 is 0. The molecule has 0 radical (unpaired) electrons. The molecule has 3 nitrogen and oxygen atoms in total. The molecule has 3 rings (SSSR count). The maximum Gasteiger partial charge on any atom is 0.238 e. The van der Waals surface area contributed by atoms with E-state index in [2.05, 4.69) is 10.3 Å². The third-order valence-electron chi connectivity index (χ3n) is 2.78. The Bertz CT molecular complexity index is 537. The summed E-state index contributed by atoms with van der Waals surface area (Å²) in [5, 5.41) is 2.87. The van der Waals surface area contributed by atoms with Crippen molar-refractivity contribution in [3.8, 4) is 0 Å². The first kappa shape index (κ1) is 9.09. The van der Waals surface area contributed by atoms with E-state index in [1.54, 1.807) is 6.20 Å². The number of rotatable bonds is 1. The minimum Gasteiger partial charge on any atom is -0.325 e. The van der Waals surface area contributed by atoms with E-state index in [-0.39, 0.29) is 11.8 Å². The lowest BCUT2D eigenvalue weighted by Crippen LogP contribution is -2.14. The number of amides is 1. The van der Waals surface area contributed by atoms with E-state index in [1.807, 2.05) is 42.5 Å². The van der Waals surface area contributed by atoms with Crippen LogP contribution in [0.4, 0.5) is 5.69 Å². The van der Waals surface area contributed by atoms with Gasteiger partial charge in [-0.05, 0) is 23.8 Å². The number of anilines is 1. The zero-order valence-electron chi connectivity index (χ0n) is 8.55. The standard InChI is InChI=1S/C13H10N2O/c16-13-12(11-7-3-4-8-14-11)9-5-1-2-6-10(9)15-13/h1-8,12H,(H,15,16). The lowest BCUT2D eigenvalue weighted by molar-refractivity contribution is -0.116. The summed E-state index contributed by atoms with van der Waals surface area (Å²) in [4.78, 5) is 16.1. The molecule has 1 aromatic carbocycles. The molecule has 1 aliphatic heterocycles. The number of carbonyl (C=O) groups is 1. The van der Waals surface area contributed by atoms with Gasteiger partial charge in [-0.1, -0.05) is 24.3 Å². The summed E-state index contributed by atoms with van der Waals surface area (Å²) in [5.74, 6) is -0.266. The normalized spacial score (nSPS) is 18.0. The van der Waals surface area contributed by atoms with E-state index in [1.165, 1.54) is 0 Å². The molecule has 2 heterocycles. The first-order valence-corrected chi connectivity index (χ1v) is 5.17. The summed E-state index contributed by atoms with van der Waals surface area (Å²) in [6, 6.07) is 13.4. The number of para-hydroxylation sites is 1. The number of hydrogen-bond acceptors (Lipinski definition) is 2. The van der Waals surface area contributed by atoms with Crippen molar-refractivity contribution in [1.29, 1.82) is 0 Å². The Labute approximate surface area is 93.1 Å². The Morgan fingerprint density at radius 3 is 2.69 bits per heavy atom. The van der Waals surface area contributed by atoms with E-state index in [9.17, 15) is 4.79 Å². The summed E-state index contributed by atoms with van der Waals surface area (Å²) in [6.07, 6.45) is 1.71. The molecule has 16 heavy (non-hydrogen) atoms. The molecule has 0 saturated heterocycles. The van der Waals surface area contributed by atoms with E-state index in [4.69, 9.17) is 0 Å². The molecule has 1 aliphatic rings. The van der Waals surface area contributed by atoms with Crippen LogP contribution in [0.5, 0.6) is 0 Å². The summed E-state index contributed by atoms with van der Waals surface area (Å²) < 4.78 is 0. The average molecular weight is 210 g/mol. The van der Waals surface area contributed by atoms with Crippen molar-refractivity contribution in [2.75, 3.05) is 5.32 Å². The van der Waals surface area contributed by atoms with E-state index in [0.717, 1.165) is 16.9 Å². The smallest absolute Gasteiger partial charge is 0.238 e. The van der Waals surface area contributed by atoms with Gasteiger partial charge in [0.2, 0.25) is 5.91 Å². The first-order valence-electron chi connectivity index (χ1n) is 5.17. The van der Waals surface area contributed by atoms with Crippen LogP contribution in [-0.4, -0.2) is 10.9 Å². The van der Waals surface area contributed by atoms with E-state index in [0.29, 0.717) is 0 Å². The predicted octanol–water partition coefficient (Wildman–Crippen LogP) is 2.17. The molecule has 1 N–H and O–H groups in total. The Kier molecular flexibility index (Phi) is 1.96. The molecule has 1 aromatic heterocycles. The molecular formula is C13H10N2O. The monoisotopic (exact) mass is 210 g/mol. The quantitative estimate of drug-likeness (QED) is 0.783. The highest BCUT2D eigenvalue weighted by Crippen LogP contribution is 2.35. The second-order valence-corrected chi connectivity index (χ2v) is 3.76. The van der Waals surface area contributed by atoms with Crippen LogP contribution in [-0.2, 0) is 4.79 Å². The van der Waals surface area contributed by atoms with Gasteiger partial charge in [0.25, 0.3) is 0 Å². The van der Waals surface area contributed by atoms with Gasteiger partial charge in [0, 0.05) is 11.9 Å². The number of benzene rings is 1. The van der Waals surface area contributed by atoms with Gasteiger partial charge in [-0.25, -0.2) is 0 Å². The Balaban J connectivity index is 2.13. The van der Waals surface area contributed by atoms with Crippen molar-refractivity contribution in [2.45, 2.75) is 5.92 Å². The van der Waals surface area contributed by atoms with Gasteiger partial charge in [-0.2, -0.15) is 0 Å². The molecule has 3 heteroatoms. The maximum atomic E-state index is 11.9. The zero-order valence-corrected chi connectivity index (χ0v) is 8.55. The SMILES string of the molecule is O=C1Nc2ccccc2C1c1ccccn1. The minimum absolute atomic E-state index is 0.0000926. The molecule has 0 fully saturated rings. The zero-order chi connectivity index (χ0) is 11.0. The summed E-state index contributed by atoms with van der Waals surface area (Å²) in [6.45, 7) is 0. The van der Waals surface area contributed by atoms with Crippen molar-refractivity contribution in [3.05, 3.63) is 59.9 Å². The fourth-order valence-electron chi connectivity index (χ4n) is 2.05. The number of aromatic nitrogens is 1. The minimum atomic E-state index is -0.266. The fraction of sp³-hybridized carbons (Fsp3) is 0.0769. The lowest BCUT2D eigenvalue weighted by Gasteiger charge is -2.06. The number of carbonyl (C=O) groups excluding carboxylic acids is 1. The summed E-state index contributed by atoms with van der Waals surface area (Å²) in [5.41, 5.74) is 2.69. The average Bonchev–Trinajstić information content (AvgIpc) is 2.66. The van der Waals surface area contributed by atoms with Gasteiger partial charge < -0.3 is 5.32 Å². The van der Waals surface area contributed by atoms with Crippen molar-refractivity contribution < 1.29 is 4.79 Å². The molecule has 0 spiro atoms. The highest BCUT2D eigenvalue weighted by atomic mass is 16.2. The van der Waals surface area contributed by atoms with Gasteiger partial charge in [0.15, 0.2) is 0 Å². The van der Waals surface area contributed by atoms with Crippen LogP contribution in [0, 0.1) is 0 Å². The first-order chi connectivity index (χ1) is 7.86. The highest BCUT2D eigenvalue weighted by Gasteiger charge is 2.32. The topological polar surface area (TPSA) is 42.0 Å². The number of nitrogens with zero attached hydrogens (tertiary/aromatic N) is 1. The lowest BCUT2D eigenvalue weighted by atomic mass is 9.97. The largest absolute Gasteiger partial charge is 0.325 e. The van der Waals surface area contributed by atoms with Crippen LogP contribution in [0.3, 0.4) is 0 Å². The molecule has 0 bridgehead atoms. The van der Waals surface area contributed by atoms with Crippen molar-refractivity contribution in [3.63, 3.8) is 0 Å². The summed E-state index contributed by atoms with van der Waals surface area (Å²) in [7, 11) is 0. The molecule has 1 unspecified atom stereocenters. The van der Waals surface area contributed by atoms with Gasteiger partial charge in [0.1, 0.15) is 5.92 Å². The number of hydrogen-bond donors (Lipinski definition) is 1. The highest BCUT2D eigenvalue weighted by molar-refractivity contribution is 6.04. The van der Waals surface area contributed by atoms with Gasteiger partial charge >= 0.3 is 0 Å². The Morgan fingerprint density at radius 1 is 1.06 bits per heavy atom. The fourth-order valence-corrected chi connectivity index (χ4v) is 2.05. The third kappa shape index (κ3) is 1.29. The van der Waals surface area contributed by atoms with E-state index >= 15 is 0 Å². The van der Waals surface area contributed by atoms with Crippen LogP contribution in [0.2, 0.25) is 0 Å². The molecule has 1 amide bonds. The number of pyridine rings is 1.